The molecule has 104 valence electrons. The first kappa shape index (κ1) is 13.7. The molecule has 0 spiro atoms. The summed E-state index contributed by atoms with van der Waals surface area (Å²) in [6.07, 6.45) is 1.83. The maximum atomic E-state index is 11.7. The van der Waals surface area contributed by atoms with Crippen molar-refractivity contribution in [2.45, 2.75) is 45.8 Å². The summed E-state index contributed by atoms with van der Waals surface area (Å²) in [5, 5.41) is 6.20. The normalized spacial score (nSPS) is 14.3. The van der Waals surface area contributed by atoms with E-state index in [2.05, 4.69) is 22.8 Å². The molecule has 1 aromatic rings. The number of benzene rings is 1. The molecule has 1 aliphatic rings. The molecule has 0 atom stereocenters. The van der Waals surface area contributed by atoms with E-state index in [4.69, 9.17) is 4.74 Å². The quantitative estimate of drug-likeness (QED) is 0.861. The Morgan fingerprint density at radius 1 is 1.42 bits per heavy atom. The van der Waals surface area contributed by atoms with Crippen molar-refractivity contribution in [2.75, 3.05) is 11.9 Å². The van der Waals surface area contributed by atoms with Gasteiger partial charge in [0, 0.05) is 18.8 Å². The van der Waals surface area contributed by atoms with Crippen LogP contribution in [-0.4, -0.2) is 18.2 Å². The van der Waals surface area contributed by atoms with Crippen LogP contribution in [-0.2, 0) is 17.7 Å². The summed E-state index contributed by atoms with van der Waals surface area (Å²) in [5.41, 5.74) is 3.21. The summed E-state index contributed by atoms with van der Waals surface area (Å²) in [6, 6.07) is 6.16. The van der Waals surface area contributed by atoms with Crippen LogP contribution in [0.4, 0.5) is 10.5 Å². The highest BCUT2D eigenvalue weighted by atomic mass is 16.6. The average molecular weight is 262 g/mol. The molecule has 1 heterocycles. The summed E-state index contributed by atoms with van der Waals surface area (Å²) in [4.78, 5) is 11.7. The van der Waals surface area contributed by atoms with Gasteiger partial charge in [0.1, 0.15) is 5.60 Å². The van der Waals surface area contributed by atoms with E-state index in [0.717, 1.165) is 24.9 Å². The topological polar surface area (TPSA) is 50.4 Å². The second-order valence-electron chi connectivity index (χ2n) is 5.83. The van der Waals surface area contributed by atoms with Gasteiger partial charge in [0.15, 0.2) is 0 Å². The Balaban J connectivity index is 1.98. The van der Waals surface area contributed by atoms with Gasteiger partial charge in [-0.05, 0) is 50.8 Å². The van der Waals surface area contributed by atoms with Gasteiger partial charge < -0.3 is 15.4 Å². The number of alkyl carbamates (subject to hydrolysis) is 1. The van der Waals surface area contributed by atoms with Crippen molar-refractivity contribution in [1.82, 2.24) is 5.32 Å². The van der Waals surface area contributed by atoms with Crippen LogP contribution in [0.1, 0.15) is 38.3 Å². The highest BCUT2D eigenvalue weighted by molar-refractivity contribution is 5.68. The molecule has 0 aromatic heterocycles. The maximum absolute atomic E-state index is 11.7. The van der Waals surface area contributed by atoms with Crippen LogP contribution in [0.3, 0.4) is 0 Å². The number of carbonyl (C=O) groups is 1. The fourth-order valence-corrected chi connectivity index (χ4v) is 2.23. The van der Waals surface area contributed by atoms with Gasteiger partial charge in [0.2, 0.25) is 0 Å². The Morgan fingerprint density at radius 2 is 2.21 bits per heavy atom. The molecular weight excluding hydrogens is 240 g/mol. The first-order chi connectivity index (χ1) is 8.96. The average Bonchev–Trinajstić information content (AvgIpc) is 2.34. The van der Waals surface area contributed by atoms with Crippen LogP contribution >= 0.6 is 0 Å². The fourth-order valence-electron chi connectivity index (χ4n) is 2.23. The van der Waals surface area contributed by atoms with Gasteiger partial charge in [-0.2, -0.15) is 0 Å². The van der Waals surface area contributed by atoms with Gasteiger partial charge in [-0.15, -0.1) is 0 Å². The first-order valence-corrected chi connectivity index (χ1v) is 6.77. The van der Waals surface area contributed by atoms with Crippen molar-refractivity contribution in [3.8, 4) is 0 Å². The largest absolute Gasteiger partial charge is 0.444 e. The van der Waals surface area contributed by atoms with Crippen LogP contribution in [0.25, 0.3) is 0 Å². The molecule has 0 fully saturated rings. The van der Waals surface area contributed by atoms with Crippen molar-refractivity contribution in [3.63, 3.8) is 0 Å². The Bertz CT molecular complexity index is 464. The number of hydrogen-bond acceptors (Lipinski definition) is 3. The number of rotatable bonds is 2. The SMILES string of the molecule is CC(C)(C)OC(=O)NCc1cccc2c1CCCN2. The van der Waals surface area contributed by atoms with E-state index in [1.54, 1.807) is 0 Å². The lowest BCUT2D eigenvalue weighted by atomic mass is 9.98. The van der Waals surface area contributed by atoms with Gasteiger partial charge in [-0.3, -0.25) is 0 Å². The molecule has 0 saturated carbocycles. The molecule has 2 N–H and O–H groups in total. The van der Waals surface area contributed by atoms with E-state index in [9.17, 15) is 4.79 Å². The molecule has 4 heteroatoms. The minimum Gasteiger partial charge on any atom is -0.444 e. The van der Waals surface area contributed by atoms with Gasteiger partial charge >= 0.3 is 6.09 Å². The number of amides is 1. The molecule has 19 heavy (non-hydrogen) atoms. The lowest BCUT2D eigenvalue weighted by molar-refractivity contribution is 0.0523. The van der Waals surface area contributed by atoms with Crippen molar-refractivity contribution in [1.29, 1.82) is 0 Å². The lowest BCUT2D eigenvalue weighted by Crippen LogP contribution is -2.32. The number of nitrogens with one attached hydrogen (secondary N) is 2. The number of fused-ring (bicyclic) bond motifs is 1. The Hall–Kier alpha value is -1.71. The van der Waals surface area contributed by atoms with Gasteiger partial charge in [-0.1, -0.05) is 12.1 Å². The fraction of sp³-hybridized carbons (Fsp3) is 0.533. The van der Waals surface area contributed by atoms with E-state index in [-0.39, 0.29) is 6.09 Å². The zero-order valence-corrected chi connectivity index (χ0v) is 11.9. The Morgan fingerprint density at radius 3 is 2.95 bits per heavy atom. The molecule has 4 nitrogen and oxygen atoms in total. The molecule has 0 saturated heterocycles. The molecular formula is C15H22N2O2. The first-order valence-electron chi connectivity index (χ1n) is 6.77. The predicted octanol–water partition coefficient (Wildman–Crippen LogP) is 3.07. The number of hydrogen-bond donors (Lipinski definition) is 2. The molecule has 1 aliphatic heterocycles. The standard InChI is InChI=1S/C15H22N2O2/c1-15(2,3)19-14(18)17-10-11-6-4-8-13-12(11)7-5-9-16-13/h4,6,8,16H,5,7,9-10H2,1-3H3,(H,17,18). The summed E-state index contributed by atoms with van der Waals surface area (Å²) in [5.74, 6) is 0. The number of anilines is 1. The third kappa shape index (κ3) is 3.88. The summed E-state index contributed by atoms with van der Waals surface area (Å²) >= 11 is 0. The number of carbonyl (C=O) groups excluding carboxylic acids is 1. The smallest absolute Gasteiger partial charge is 0.407 e. The van der Waals surface area contributed by atoms with Crippen LogP contribution in [0, 0.1) is 0 Å². The zero-order valence-electron chi connectivity index (χ0n) is 11.9. The molecule has 2 rings (SSSR count). The lowest BCUT2D eigenvalue weighted by Gasteiger charge is -2.22. The van der Waals surface area contributed by atoms with Crippen LogP contribution < -0.4 is 10.6 Å². The summed E-state index contributed by atoms with van der Waals surface area (Å²) in [7, 11) is 0. The molecule has 0 radical (unpaired) electrons. The summed E-state index contributed by atoms with van der Waals surface area (Å²) < 4.78 is 5.24. The molecule has 0 aliphatic carbocycles. The minimum absolute atomic E-state index is 0.367. The zero-order chi connectivity index (χ0) is 13.9. The maximum Gasteiger partial charge on any atom is 0.407 e. The van der Waals surface area contributed by atoms with E-state index in [1.165, 1.54) is 11.3 Å². The Kier molecular flexibility index (Phi) is 3.98. The van der Waals surface area contributed by atoms with Crippen molar-refractivity contribution < 1.29 is 9.53 Å². The summed E-state index contributed by atoms with van der Waals surface area (Å²) in [6.45, 7) is 7.12. The van der Waals surface area contributed by atoms with Crippen molar-refractivity contribution in [2.24, 2.45) is 0 Å². The second kappa shape index (κ2) is 5.51. The molecule has 0 unspecified atom stereocenters. The van der Waals surface area contributed by atoms with Crippen LogP contribution in [0.15, 0.2) is 18.2 Å². The van der Waals surface area contributed by atoms with Crippen molar-refractivity contribution >= 4 is 11.8 Å². The van der Waals surface area contributed by atoms with E-state index >= 15 is 0 Å². The third-order valence-corrected chi connectivity index (χ3v) is 3.01. The highest BCUT2D eigenvalue weighted by Crippen LogP contribution is 2.25. The molecule has 0 bridgehead atoms. The second-order valence-corrected chi connectivity index (χ2v) is 5.83. The van der Waals surface area contributed by atoms with Gasteiger partial charge in [-0.25, -0.2) is 4.79 Å². The van der Waals surface area contributed by atoms with E-state index < -0.39 is 5.60 Å². The van der Waals surface area contributed by atoms with Gasteiger partial charge in [0.05, 0.1) is 0 Å². The third-order valence-electron chi connectivity index (χ3n) is 3.01. The highest BCUT2D eigenvalue weighted by Gasteiger charge is 2.17. The monoisotopic (exact) mass is 262 g/mol. The van der Waals surface area contributed by atoms with Gasteiger partial charge in [0.25, 0.3) is 0 Å². The van der Waals surface area contributed by atoms with Crippen LogP contribution in [0.2, 0.25) is 0 Å². The van der Waals surface area contributed by atoms with Crippen molar-refractivity contribution in [3.05, 3.63) is 29.3 Å². The number of ether oxygens (including phenoxy) is 1. The van der Waals surface area contributed by atoms with E-state index in [1.807, 2.05) is 26.8 Å². The minimum atomic E-state index is -0.457. The molecule has 1 aromatic carbocycles. The van der Waals surface area contributed by atoms with Crippen LogP contribution in [0.5, 0.6) is 0 Å². The molecule has 1 amide bonds. The van der Waals surface area contributed by atoms with E-state index in [0.29, 0.717) is 6.54 Å². The Labute approximate surface area is 114 Å². The predicted molar refractivity (Wildman–Crippen MR) is 76.3 cm³/mol.